The maximum Gasteiger partial charge on any atom is 0.250 e. The molecule has 0 aliphatic rings. The number of halogens is 2. The predicted molar refractivity (Wildman–Crippen MR) is 87.4 cm³/mol. The van der Waals surface area contributed by atoms with Crippen LogP contribution >= 0.6 is 0 Å². The maximum absolute atomic E-state index is 14.5. The molecular formula is C14H33F2NSi2. The fourth-order valence-electron chi connectivity index (χ4n) is 2.58. The van der Waals surface area contributed by atoms with Gasteiger partial charge >= 0.3 is 0 Å². The second kappa shape index (κ2) is 9.24. The van der Waals surface area contributed by atoms with Crippen LogP contribution in [0.25, 0.3) is 0 Å². The summed E-state index contributed by atoms with van der Waals surface area (Å²) in [6.45, 7) is 11.5. The van der Waals surface area contributed by atoms with E-state index in [4.69, 9.17) is 0 Å². The van der Waals surface area contributed by atoms with Crippen LogP contribution in [-0.2, 0) is 0 Å². The highest BCUT2D eigenvalue weighted by Crippen LogP contribution is 2.30. The molecular weight excluding hydrogens is 276 g/mol. The van der Waals surface area contributed by atoms with E-state index in [-0.39, 0.29) is 5.54 Å². The van der Waals surface area contributed by atoms with Crippen LogP contribution in [0.3, 0.4) is 0 Å². The van der Waals surface area contributed by atoms with Gasteiger partial charge in [0.1, 0.15) is 0 Å². The normalized spacial score (nSPS) is 14.7. The molecule has 0 aliphatic heterocycles. The Morgan fingerprint density at radius 1 is 0.947 bits per heavy atom. The first-order chi connectivity index (χ1) is 8.87. The summed E-state index contributed by atoms with van der Waals surface area (Å²) >= 11 is 0. The summed E-state index contributed by atoms with van der Waals surface area (Å²) in [5.74, 6) is 0. The topological polar surface area (TPSA) is 12.0 Å². The summed E-state index contributed by atoms with van der Waals surface area (Å²) in [5, 5.41) is 3.33. The molecule has 1 atom stereocenters. The molecule has 0 aromatic rings. The van der Waals surface area contributed by atoms with Gasteiger partial charge in [-0.05, 0) is 55.3 Å². The number of hydrogen-bond donors (Lipinski definition) is 1. The molecule has 0 saturated carbocycles. The third-order valence-electron chi connectivity index (χ3n) is 4.75. The van der Waals surface area contributed by atoms with Crippen molar-refractivity contribution in [2.24, 2.45) is 0 Å². The second-order valence-electron chi connectivity index (χ2n) is 5.81. The van der Waals surface area contributed by atoms with Crippen LogP contribution in [0.5, 0.6) is 0 Å². The smallest absolute Gasteiger partial charge is 0.250 e. The predicted octanol–water partition coefficient (Wildman–Crippen LogP) is 5.27. The standard InChI is InChI=1S/C14H33F2NSi2/c1-6-18(15,7-2)12-10-11-17-13-14(5)19(16,8-3)9-4/h14,17H,6-13H2,1-5H3. The fraction of sp³-hybridized carbons (Fsp3) is 1.00. The van der Waals surface area contributed by atoms with Crippen LogP contribution in [0.4, 0.5) is 8.22 Å². The Labute approximate surface area is 120 Å². The molecule has 1 unspecified atom stereocenters. The maximum atomic E-state index is 14.5. The Balaban J connectivity index is 3.87. The quantitative estimate of drug-likeness (QED) is 0.311. The summed E-state index contributed by atoms with van der Waals surface area (Å²) in [5.41, 5.74) is 0.159. The lowest BCUT2D eigenvalue weighted by atomic mass is 10.4. The van der Waals surface area contributed by atoms with E-state index >= 15 is 0 Å². The van der Waals surface area contributed by atoms with Gasteiger partial charge in [-0.1, -0.05) is 34.6 Å². The van der Waals surface area contributed by atoms with Gasteiger partial charge in [-0.15, -0.1) is 0 Å². The Bertz CT molecular complexity index is 231. The molecule has 0 amide bonds. The zero-order valence-corrected chi connectivity index (χ0v) is 15.5. The van der Waals surface area contributed by atoms with E-state index in [1.807, 2.05) is 34.6 Å². The Hall–Kier alpha value is 0.254. The molecule has 0 aromatic carbocycles. The summed E-state index contributed by atoms with van der Waals surface area (Å²) in [4.78, 5) is 0. The van der Waals surface area contributed by atoms with Crippen LogP contribution in [0.15, 0.2) is 0 Å². The van der Waals surface area contributed by atoms with Gasteiger partial charge in [0.05, 0.1) is 0 Å². The molecule has 0 spiro atoms. The molecule has 19 heavy (non-hydrogen) atoms. The first kappa shape index (κ1) is 19.3. The van der Waals surface area contributed by atoms with E-state index in [0.717, 1.165) is 37.6 Å². The Morgan fingerprint density at radius 2 is 1.47 bits per heavy atom. The highest BCUT2D eigenvalue weighted by molar-refractivity contribution is 6.74. The molecule has 116 valence electrons. The minimum absolute atomic E-state index is 0.159. The van der Waals surface area contributed by atoms with Gasteiger partial charge in [-0.25, -0.2) is 0 Å². The lowest BCUT2D eigenvalue weighted by molar-refractivity contribution is 0.601. The summed E-state index contributed by atoms with van der Waals surface area (Å²) < 4.78 is 28.7. The summed E-state index contributed by atoms with van der Waals surface area (Å²) in [7, 11) is -4.97. The number of nitrogens with one attached hydrogen (secondary N) is 1. The average molecular weight is 310 g/mol. The first-order valence-electron chi connectivity index (χ1n) is 7.96. The third kappa shape index (κ3) is 6.49. The van der Waals surface area contributed by atoms with Crippen molar-refractivity contribution in [3.8, 4) is 0 Å². The zero-order chi connectivity index (χ0) is 14.9. The van der Waals surface area contributed by atoms with Gasteiger partial charge < -0.3 is 13.5 Å². The minimum atomic E-state index is -2.54. The van der Waals surface area contributed by atoms with E-state index in [1.165, 1.54) is 0 Å². The minimum Gasteiger partial charge on any atom is -0.317 e. The molecule has 1 nitrogen and oxygen atoms in total. The molecule has 0 saturated heterocycles. The fourth-order valence-corrected chi connectivity index (χ4v) is 7.00. The van der Waals surface area contributed by atoms with Crippen LogP contribution in [0.1, 0.15) is 41.0 Å². The second-order valence-corrected chi connectivity index (χ2v) is 14.5. The highest BCUT2D eigenvalue weighted by atomic mass is 28.4. The number of rotatable bonds is 11. The molecule has 0 radical (unpaired) electrons. The Morgan fingerprint density at radius 3 is 1.89 bits per heavy atom. The largest absolute Gasteiger partial charge is 0.317 e. The van der Waals surface area contributed by atoms with Crippen molar-refractivity contribution < 1.29 is 8.22 Å². The molecule has 1 N–H and O–H groups in total. The SMILES string of the molecule is CC[Si](F)(CC)CCCNCC(C)[Si](F)(CC)CC. The van der Waals surface area contributed by atoms with E-state index in [0.29, 0.717) is 12.1 Å². The van der Waals surface area contributed by atoms with Gasteiger partial charge in [0, 0.05) is 0 Å². The molecule has 0 bridgehead atoms. The van der Waals surface area contributed by atoms with Crippen LogP contribution in [0.2, 0.25) is 35.8 Å². The van der Waals surface area contributed by atoms with Gasteiger partial charge in [-0.3, -0.25) is 0 Å². The average Bonchev–Trinajstić information content (AvgIpc) is 2.45. The van der Waals surface area contributed by atoms with Crippen LogP contribution in [-0.4, -0.2) is 29.9 Å². The van der Waals surface area contributed by atoms with Gasteiger partial charge in [-0.2, -0.15) is 0 Å². The summed E-state index contributed by atoms with van der Waals surface area (Å²) in [6.07, 6.45) is 0.899. The van der Waals surface area contributed by atoms with Gasteiger partial charge in [0.2, 0.25) is 8.41 Å². The van der Waals surface area contributed by atoms with Crippen molar-refractivity contribution in [2.45, 2.75) is 76.8 Å². The van der Waals surface area contributed by atoms with Crippen molar-refractivity contribution in [3.63, 3.8) is 0 Å². The van der Waals surface area contributed by atoms with Crippen LogP contribution < -0.4 is 5.32 Å². The molecule has 5 heteroatoms. The van der Waals surface area contributed by atoms with Crippen molar-refractivity contribution in [1.29, 1.82) is 0 Å². The van der Waals surface area contributed by atoms with E-state index in [2.05, 4.69) is 5.32 Å². The third-order valence-corrected chi connectivity index (χ3v) is 12.9. The lowest BCUT2D eigenvalue weighted by Gasteiger charge is -2.27. The van der Waals surface area contributed by atoms with Crippen molar-refractivity contribution in [1.82, 2.24) is 5.32 Å². The zero-order valence-electron chi connectivity index (χ0n) is 13.5. The highest BCUT2D eigenvalue weighted by Gasteiger charge is 2.36. The number of hydrogen-bond acceptors (Lipinski definition) is 1. The molecule has 0 rings (SSSR count). The monoisotopic (exact) mass is 309 g/mol. The van der Waals surface area contributed by atoms with Gasteiger partial charge in [0.25, 0.3) is 8.41 Å². The van der Waals surface area contributed by atoms with E-state index < -0.39 is 16.8 Å². The molecule has 0 heterocycles. The molecule has 0 fully saturated rings. The van der Waals surface area contributed by atoms with Crippen molar-refractivity contribution in [2.75, 3.05) is 13.1 Å². The van der Waals surface area contributed by atoms with Crippen molar-refractivity contribution in [3.05, 3.63) is 0 Å². The van der Waals surface area contributed by atoms with Gasteiger partial charge in [0.15, 0.2) is 0 Å². The first-order valence-corrected chi connectivity index (χ1v) is 12.8. The van der Waals surface area contributed by atoms with E-state index in [1.54, 1.807) is 0 Å². The molecule has 0 aromatic heterocycles. The Kier molecular flexibility index (Phi) is 9.36. The van der Waals surface area contributed by atoms with Crippen LogP contribution in [0, 0.1) is 0 Å². The summed E-state index contributed by atoms with van der Waals surface area (Å²) in [6, 6.07) is 3.62. The van der Waals surface area contributed by atoms with Crippen molar-refractivity contribution >= 4 is 16.8 Å². The van der Waals surface area contributed by atoms with E-state index in [9.17, 15) is 8.22 Å². The lowest BCUT2D eigenvalue weighted by Crippen LogP contribution is -2.38. The molecule has 0 aliphatic carbocycles.